The minimum atomic E-state index is -5.55. The number of halogens is 3. The second-order valence-corrected chi connectivity index (χ2v) is 11.1. The highest BCUT2D eigenvalue weighted by atomic mass is 32.2. The maximum atomic E-state index is 13.2. The molecule has 4 rings (SSSR count). The van der Waals surface area contributed by atoms with Gasteiger partial charge in [0.1, 0.15) is 0 Å². The van der Waals surface area contributed by atoms with Crippen LogP contribution in [0.25, 0.3) is 11.1 Å². The first-order valence-electron chi connectivity index (χ1n) is 11.0. The van der Waals surface area contributed by atoms with Gasteiger partial charge in [0.25, 0.3) is 0 Å². The monoisotopic (exact) mass is 480 g/mol. The summed E-state index contributed by atoms with van der Waals surface area (Å²) < 4.78 is 65.6. The predicted octanol–water partition coefficient (Wildman–Crippen LogP) is 4.35. The molecule has 2 aromatic carbocycles. The fraction of sp³-hybridized carbons (Fsp3) is 0.458. The molecule has 178 valence electrons. The molecule has 1 N–H and O–H groups in total. The van der Waals surface area contributed by atoms with E-state index in [-0.39, 0.29) is 24.8 Å². The van der Waals surface area contributed by atoms with Gasteiger partial charge < -0.3 is 4.90 Å². The van der Waals surface area contributed by atoms with Crippen LogP contribution >= 0.6 is 0 Å². The number of hydrogen-bond acceptors (Lipinski definition) is 3. The van der Waals surface area contributed by atoms with E-state index >= 15 is 0 Å². The zero-order valence-corrected chi connectivity index (χ0v) is 19.3. The number of nitrogens with one attached hydrogen (secondary N) is 1. The molecule has 5 nitrogen and oxygen atoms in total. The Hall–Kier alpha value is -2.39. The lowest BCUT2D eigenvalue weighted by atomic mass is 9.91. The molecule has 2 aliphatic rings. The third-order valence-electron chi connectivity index (χ3n) is 6.67. The maximum absolute atomic E-state index is 13.2. The number of nitrogens with zero attached hydrogens (tertiary/aromatic N) is 1. The molecule has 2 aromatic rings. The molecule has 1 aliphatic carbocycles. The van der Waals surface area contributed by atoms with E-state index in [2.05, 4.69) is 0 Å². The van der Waals surface area contributed by atoms with Crippen molar-refractivity contribution in [2.75, 3.05) is 6.54 Å². The van der Waals surface area contributed by atoms with Crippen molar-refractivity contribution >= 4 is 15.9 Å². The molecule has 9 heteroatoms. The van der Waals surface area contributed by atoms with Gasteiger partial charge in [0.15, 0.2) is 0 Å². The molecule has 0 aromatic heterocycles. The lowest BCUT2D eigenvalue weighted by Gasteiger charge is -2.30. The summed E-state index contributed by atoms with van der Waals surface area (Å²) in [5, 5.41) is 0. The van der Waals surface area contributed by atoms with Gasteiger partial charge in [0, 0.05) is 17.9 Å². The normalized spacial score (nSPS) is 22.2. The van der Waals surface area contributed by atoms with E-state index < -0.39 is 33.0 Å². The molecule has 0 bridgehead atoms. The largest absolute Gasteiger partial charge is 0.511 e. The lowest BCUT2D eigenvalue weighted by molar-refractivity contribution is -0.135. The van der Waals surface area contributed by atoms with E-state index in [1.807, 2.05) is 59.3 Å². The number of likely N-dealkylation sites (tertiary alicyclic amines) is 1. The van der Waals surface area contributed by atoms with Crippen molar-refractivity contribution in [1.29, 1.82) is 0 Å². The fourth-order valence-electron chi connectivity index (χ4n) is 4.76. The number of carbonyl (C=O) groups excluding carboxylic acids is 1. The van der Waals surface area contributed by atoms with Gasteiger partial charge in [-0.2, -0.15) is 13.2 Å². The average Bonchev–Trinajstić information content (AvgIpc) is 3.49. The van der Waals surface area contributed by atoms with Gasteiger partial charge in [-0.1, -0.05) is 68.4 Å². The Bertz CT molecular complexity index is 1130. The second-order valence-electron chi connectivity index (χ2n) is 9.37. The standard InChI is InChI=1S/C24H27F3N2O3S/c1-16(2)22(30)29-15-23(11-12-23)21(28-33(31,32)24(25,26)27)20(29)14-17-7-6-10-19(13-17)18-8-4-3-5-9-18/h3-10,13,16,20-21,28H,11-12,14-15H2,1-2H3. The van der Waals surface area contributed by atoms with Crippen LogP contribution in [0.2, 0.25) is 0 Å². The lowest BCUT2D eigenvalue weighted by Crippen LogP contribution is -2.52. The number of hydrogen-bond donors (Lipinski definition) is 1. The highest BCUT2D eigenvalue weighted by Gasteiger charge is 2.63. The number of sulfonamides is 1. The molecular weight excluding hydrogens is 453 g/mol. The molecular formula is C24H27F3N2O3S. The quantitative estimate of drug-likeness (QED) is 0.669. The van der Waals surface area contributed by atoms with Crippen LogP contribution in [0.5, 0.6) is 0 Å². The molecule has 1 aliphatic heterocycles. The molecule has 2 fully saturated rings. The number of benzene rings is 2. The second kappa shape index (κ2) is 8.43. The molecule has 2 unspecified atom stereocenters. The zero-order chi connectivity index (χ0) is 24.0. The highest BCUT2D eigenvalue weighted by Crippen LogP contribution is 2.56. The van der Waals surface area contributed by atoms with Crippen molar-refractivity contribution in [1.82, 2.24) is 9.62 Å². The molecule has 2 atom stereocenters. The highest BCUT2D eigenvalue weighted by molar-refractivity contribution is 7.90. The van der Waals surface area contributed by atoms with Gasteiger partial charge in [-0.05, 0) is 36.0 Å². The van der Waals surface area contributed by atoms with Gasteiger partial charge in [-0.15, -0.1) is 0 Å². The minimum absolute atomic E-state index is 0.181. The van der Waals surface area contributed by atoms with E-state index in [0.717, 1.165) is 16.7 Å². The number of carbonyl (C=O) groups is 1. The summed E-state index contributed by atoms with van der Waals surface area (Å²) in [4.78, 5) is 14.6. The van der Waals surface area contributed by atoms with E-state index in [9.17, 15) is 26.4 Å². The van der Waals surface area contributed by atoms with Crippen molar-refractivity contribution in [3.8, 4) is 11.1 Å². The first-order valence-corrected chi connectivity index (χ1v) is 12.5. The molecule has 1 saturated carbocycles. The van der Waals surface area contributed by atoms with Gasteiger partial charge in [0.2, 0.25) is 5.91 Å². The summed E-state index contributed by atoms with van der Waals surface area (Å²) in [7, 11) is -5.55. The third kappa shape index (κ3) is 4.66. The summed E-state index contributed by atoms with van der Waals surface area (Å²) in [5.74, 6) is -0.531. The molecule has 1 amide bonds. The molecule has 33 heavy (non-hydrogen) atoms. The van der Waals surface area contributed by atoms with Crippen LogP contribution in [0, 0.1) is 11.3 Å². The van der Waals surface area contributed by atoms with E-state index in [0.29, 0.717) is 12.8 Å². The van der Waals surface area contributed by atoms with E-state index in [1.54, 1.807) is 18.7 Å². The van der Waals surface area contributed by atoms with Gasteiger partial charge in [-0.25, -0.2) is 13.1 Å². The maximum Gasteiger partial charge on any atom is 0.511 e. The van der Waals surface area contributed by atoms with Crippen molar-refractivity contribution in [2.24, 2.45) is 11.3 Å². The predicted molar refractivity (Wildman–Crippen MR) is 119 cm³/mol. The van der Waals surface area contributed by atoms with Gasteiger partial charge in [0.05, 0.1) is 12.1 Å². The Balaban J connectivity index is 1.69. The van der Waals surface area contributed by atoms with Crippen LogP contribution in [0.15, 0.2) is 54.6 Å². The number of rotatable bonds is 6. The first kappa shape index (κ1) is 23.8. The summed E-state index contributed by atoms with van der Waals surface area (Å²) in [6, 6.07) is 15.6. The number of alkyl halides is 3. The van der Waals surface area contributed by atoms with Crippen LogP contribution in [-0.2, 0) is 21.2 Å². The molecule has 1 spiro atoms. The summed E-state index contributed by atoms with van der Waals surface area (Å²) in [6.45, 7) is 3.74. The van der Waals surface area contributed by atoms with Gasteiger partial charge in [-0.3, -0.25) is 4.79 Å². The summed E-state index contributed by atoms with van der Waals surface area (Å²) in [6.07, 6.45) is 1.42. The van der Waals surface area contributed by atoms with Crippen LogP contribution in [0.4, 0.5) is 13.2 Å². The third-order valence-corrected chi connectivity index (χ3v) is 7.84. The minimum Gasteiger partial charge on any atom is -0.337 e. The molecule has 1 heterocycles. The van der Waals surface area contributed by atoms with Gasteiger partial charge >= 0.3 is 15.5 Å². The number of amides is 1. The Kier molecular flexibility index (Phi) is 6.07. The Labute approximate surface area is 192 Å². The van der Waals surface area contributed by atoms with Crippen LogP contribution < -0.4 is 4.72 Å². The van der Waals surface area contributed by atoms with Crippen LogP contribution in [0.1, 0.15) is 32.3 Å². The topological polar surface area (TPSA) is 66.5 Å². The smallest absolute Gasteiger partial charge is 0.337 e. The van der Waals surface area contributed by atoms with E-state index in [1.165, 1.54) is 0 Å². The van der Waals surface area contributed by atoms with Crippen molar-refractivity contribution in [2.45, 2.75) is 50.7 Å². The molecule has 1 saturated heterocycles. The van der Waals surface area contributed by atoms with Crippen LogP contribution in [0.3, 0.4) is 0 Å². The van der Waals surface area contributed by atoms with Crippen LogP contribution in [-0.4, -0.2) is 43.4 Å². The van der Waals surface area contributed by atoms with Crippen molar-refractivity contribution in [3.05, 3.63) is 60.2 Å². The SMILES string of the molecule is CC(C)C(=O)N1CC2(CC2)C(NS(=O)(=O)C(F)(F)F)C1Cc1cccc(-c2ccccc2)c1. The zero-order valence-electron chi connectivity index (χ0n) is 18.5. The summed E-state index contributed by atoms with van der Waals surface area (Å²) >= 11 is 0. The Morgan fingerprint density at radius 3 is 2.30 bits per heavy atom. The average molecular weight is 481 g/mol. The molecule has 0 radical (unpaired) electrons. The fourth-order valence-corrected chi connectivity index (χ4v) is 5.64. The summed E-state index contributed by atoms with van der Waals surface area (Å²) in [5.41, 5.74) is -3.28. The first-order chi connectivity index (χ1) is 15.4. The van der Waals surface area contributed by atoms with Crippen molar-refractivity contribution in [3.63, 3.8) is 0 Å². The van der Waals surface area contributed by atoms with Crippen molar-refractivity contribution < 1.29 is 26.4 Å². The Morgan fingerprint density at radius 1 is 1.09 bits per heavy atom. The Morgan fingerprint density at radius 2 is 1.73 bits per heavy atom. The van der Waals surface area contributed by atoms with E-state index in [4.69, 9.17) is 0 Å².